The van der Waals surface area contributed by atoms with Crippen LogP contribution in [0.15, 0.2) is 53.4 Å². The van der Waals surface area contributed by atoms with E-state index in [-0.39, 0.29) is 17.0 Å². The predicted molar refractivity (Wildman–Crippen MR) is 123 cm³/mol. The van der Waals surface area contributed by atoms with Crippen LogP contribution in [0.4, 0.5) is 15.8 Å². The van der Waals surface area contributed by atoms with Gasteiger partial charge >= 0.3 is 0 Å². The average molecular weight is 486 g/mol. The minimum atomic E-state index is -3.86. The molecule has 0 aliphatic rings. The van der Waals surface area contributed by atoms with Crippen molar-refractivity contribution >= 4 is 37.3 Å². The van der Waals surface area contributed by atoms with E-state index in [1.54, 1.807) is 20.8 Å². The molecule has 2 aromatic carbocycles. The Morgan fingerprint density at radius 3 is 1.91 bits per heavy atom. The number of rotatable bonds is 10. The van der Waals surface area contributed by atoms with Gasteiger partial charge in [-0.2, -0.15) is 4.31 Å². The minimum Gasteiger partial charge on any atom is -0.324 e. The van der Waals surface area contributed by atoms with Crippen molar-refractivity contribution < 1.29 is 26.0 Å². The van der Waals surface area contributed by atoms with Crippen molar-refractivity contribution in [3.8, 4) is 0 Å². The third-order valence-electron chi connectivity index (χ3n) is 4.88. The highest BCUT2D eigenvalue weighted by molar-refractivity contribution is 7.92. The molecule has 11 heteroatoms. The van der Waals surface area contributed by atoms with Crippen LogP contribution < -0.4 is 9.62 Å². The van der Waals surface area contributed by atoms with Crippen molar-refractivity contribution in [3.63, 3.8) is 0 Å². The largest absolute Gasteiger partial charge is 0.324 e. The summed E-state index contributed by atoms with van der Waals surface area (Å²) in [5.74, 6) is -1.12. The third-order valence-corrected chi connectivity index (χ3v) is 8.12. The van der Waals surface area contributed by atoms with Gasteiger partial charge in [0.15, 0.2) is 0 Å². The van der Waals surface area contributed by atoms with Gasteiger partial charge in [-0.25, -0.2) is 21.2 Å². The van der Waals surface area contributed by atoms with Gasteiger partial charge in [0.05, 0.1) is 16.8 Å². The Kier molecular flexibility index (Phi) is 8.38. The lowest BCUT2D eigenvalue weighted by Gasteiger charge is -2.30. The summed E-state index contributed by atoms with van der Waals surface area (Å²) < 4.78 is 65.6. The van der Waals surface area contributed by atoms with E-state index in [0.29, 0.717) is 18.8 Å². The van der Waals surface area contributed by atoms with Gasteiger partial charge in [-0.1, -0.05) is 20.8 Å². The molecule has 0 heterocycles. The van der Waals surface area contributed by atoms with E-state index in [1.807, 2.05) is 0 Å². The number of benzene rings is 2. The summed E-state index contributed by atoms with van der Waals surface area (Å²) in [6.45, 7) is 5.82. The van der Waals surface area contributed by atoms with Gasteiger partial charge in [-0.15, -0.1) is 0 Å². The molecule has 8 nitrogen and oxygen atoms in total. The lowest BCUT2D eigenvalue weighted by atomic mass is 10.2. The number of hydrogen-bond donors (Lipinski definition) is 1. The number of carbonyl (C=O) groups is 1. The normalized spacial score (nSPS) is 13.1. The molecule has 1 unspecified atom stereocenters. The van der Waals surface area contributed by atoms with Crippen LogP contribution in [0.1, 0.15) is 27.2 Å². The van der Waals surface area contributed by atoms with E-state index in [2.05, 4.69) is 5.32 Å². The van der Waals surface area contributed by atoms with Crippen molar-refractivity contribution in [1.82, 2.24) is 4.31 Å². The molecule has 2 aromatic rings. The molecule has 0 saturated carbocycles. The molecule has 32 heavy (non-hydrogen) atoms. The maximum absolute atomic E-state index is 13.3. The summed E-state index contributed by atoms with van der Waals surface area (Å²) in [5, 5.41) is 2.63. The van der Waals surface area contributed by atoms with Gasteiger partial charge in [0.1, 0.15) is 11.9 Å². The van der Waals surface area contributed by atoms with Crippen molar-refractivity contribution in [2.24, 2.45) is 0 Å². The van der Waals surface area contributed by atoms with E-state index >= 15 is 0 Å². The summed E-state index contributed by atoms with van der Waals surface area (Å²) in [6, 6.07) is 9.40. The molecule has 0 bridgehead atoms. The number of nitrogens with zero attached hydrogens (tertiary/aromatic N) is 2. The monoisotopic (exact) mass is 485 g/mol. The van der Waals surface area contributed by atoms with Crippen molar-refractivity contribution in [2.45, 2.75) is 38.1 Å². The SMILES string of the molecule is CCC(C(=O)Nc1ccc(S(=O)(=O)N(CC)CC)cc1)N(c1ccc(F)cc1)S(C)(=O)=O. The summed E-state index contributed by atoms with van der Waals surface area (Å²) in [4.78, 5) is 13.0. The first-order valence-electron chi connectivity index (χ1n) is 10.1. The first-order valence-corrected chi connectivity index (χ1v) is 13.4. The summed E-state index contributed by atoms with van der Waals surface area (Å²) in [7, 11) is -7.49. The van der Waals surface area contributed by atoms with Crippen LogP contribution in [0.25, 0.3) is 0 Å². The zero-order chi connectivity index (χ0) is 24.1. The highest BCUT2D eigenvalue weighted by Crippen LogP contribution is 2.24. The molecule has 0 fully saturated rings. The fraction of sp³-hybridized carbons (Fsp3) is 0.381. The summed E-state index contributed by atoms with van der Waals surface area (Å²) in [6.07, 6.45) is 1.13. The number of hydrogen-bond acceptors (Lipinski definition) is 5. The molecule has 0 aliphatic carbocycles. The molecule has 1 atom stereocenters. The summed E-state index contributed by atoms with van der Waals surface area (Å²) >= 11 is 0. The molecule has 0 spiro atoms. The Hall–Kier alpha value is -2.50. The van der Waals surface area contributed by atoms with E-state index in [1.165, 1.54) is 40.7 Å². The second-order valence-electron chi connectivity index (χ2n) is 7.06. The van der Waals surface area contributed by atoms with E-state index < -0.39 is 37.8 Å². The Morgan fingerprint density at radius 1 is 0.938 bits per heavy atom. The quantitative estimate of drug-likeness (QED) is 0.557. The van der Waals surface area contributed by atoms with E-state index in [9.17, 15) is 26.0 Å². The molecule has 0 saturated heterocycles. The average Bonchev–Trinajstić information content (AvgIpc) is 2.73. The fourth-order valence-electron chi connectivity index (χ4n) is 3.30. The Balaban J connectivity index is 2.30. The number of carbonyl (C=O) groups excluding carboxylic acids is 1. The zero-order valence-electron chi connectivity index (χ0n) is 18.4. The maximum atomic E-state index is 13.3. The van der Waals surface area contributed by atoms with Crippen LogP contribution in [-0.4, -0.2) is 52.4 Å². The lowest BCUT2D eigenvalue weighted by Crippen LogP contribution is -2.47. The molecule has 2 rings (SSSR count). The maximum Gasteiger partial charge on any atom is 0.248 e. The Labute approximate surface area is 189 Å². The van der Waals surface area contributed by atoms with Crippen LogP contribution in [0, 0.1) is 5.82 Å². The molecular formula is C21H28FN3O5S2. The molecular weight excluding hydrogens is 457 g/mol. The minimum absolute atomic E-state index is 0.0929. The highest BCUT2D eigenvalue weighted by Gasteiger charge is 2.31. The molecule has 1 amide bonds. The fourth-order valence-corrected chi connectivity index (χ4v) is 5.97. The first-order chi connectivity index (χ1) is 14.9. The van der Waals surface area contributed by atoms with Crippen LogP contribution >= 0.6 is 0 Å². The van der Waals surface area contributed by atoms with Crippen LogP contribution in [-0.2, 0) is 24.8 Å². The van der Waals surface area contributed by atoms with Gasteiger partial charge < -0.3 is 5.32 Å². The van der Waals surface area contributed by atoms with Gasteiger partial charge in [-0.3, -0.25) is 9.10 Å². The smallest absolute Gasteiger partial charge is 0.248 e. The Bertz CT molecular complexity index is 1130. The standard InChI is InChI=1S/C21H28FN3O5S2/c1-5-20(25(31(4,27)28)18-12-8-16(22)9-13-18)21(26)23-17-10-14-19(15-11-17)32(29,30)24(6-2)7-3/h8-15,20H,5-7H2,1-4H3,(H,23,26). The number of anilines is 2. The van der Waals surface area contributed by atoms with Crippen molar-refractivity contribution in [2.75, 3.05) is 29.0 Å². The molecule has 0 aromatic heterocycles. The lowest BCUT2D eigenvalue weighted by molar-refractivity contribution is -0.117. The first kappa shape index (κ1) is 25.8. The number of amides is 1. The molecule has 1 N–H and O–H groups in total. The molecule has 176 valence electrons. The third kappa shape index (κ3) is 5.84. The topological polar surface area (TPSA) is 104 Å². The number of sulfonamides is 2. The Morgan fingerprint density at radius 2 is 1.47 bits per heavy atom. The molecule has 0 radical (unpaired) electrons. The zero-order valence-corrected chi connectivity index (χ0v) is 20.1. The number of nitrogens with one attached hydrogen (secondary N) is 1. The number of halogens is 1. The summed E-state index contributed by atoms with van der Waals surface area (Å²) in [5.41, 5.74) is 0.482. The van der Waals surface area contributed by atoms with Gasteiger partial charge in [-0.05, 0) is 55.0 Å². The van der Waals surface area contributed by atoms with E-state index in [0.717, 1.165) is 22.7 Å². The van der Waals surface area contributed by atoms with Crippen LogP contribution in [0.2, 0.25) is 0 Å². The predicted octanol–water partition coefficient (Wildman–Crippen LogP) is 3.04. The highest BCUT2D eigenvalue weighted by atomic mass is 32.2. The van der Waals surface area contributed by atoms with Crippen molar-refractivity contribution in [1.29, 1.82) is 0 Å². The van der Waals surface area contributed by atoms with Crippen LogP contribution in [0.5, 0.6) is 0 Å². The van der Waals surface area contributed by atoms with Crippen LogP contribution in [0.3, 0.4) is 0 Å². The van der Waals surface area contributed by atoms with Gasteiger partial charge in [0.25, 0.3) is 0 Å². The second-order valence-corrected chi connectivity index (χ2v) is 10.9. The van der Waals surface area contributed by atoms with E-state index in [4.69, 9.17) is 0 Å². The van der Waals surface area contributed by atoms with Crippen molar-refractivity contribution in [3.05, 3.63) is 54.3 Å². The van der Waals surface area contributed by atoms with Gasteiger partial charge in [0, 0.05) is 18.8 Å². The second kappa shape index (κ2) is 10.4. The van der Waals surface area contributed by atoms with Gasteiger partial charge in [0.2, 0.25) is 26.0 Å². The molecule has 0 aliphatic heterocycles.